The van der Waals surface area contributed by atoms with Crippen LogP contribution in [0.5, 0.6) is 5.75 Å². The molecule has 0 saturated carbocycles. The molecule has 188 valence electrons. The molecule has 0 aliphatic heterocycles. The number of ether oxygens (including phenoxy) is 2. The Balaban J connectivity index is 1.67. The van der Waals surface area contributed by atoms with Crippen LogP contribution in [0, 0.1) is 0 Å². The number of para-hydroxylation sites is 1. The van der Waals surface area contributed by atoms with Crippen LogP contribution in [0.15, 0.2) is 82.7 Å². The number of rotatable bonds is 9. The minimum atomic E-state index is -3.78. The molecule has 1 aromatic heterocycles. The molecule has 0 saturated heterocycles. The number of carbonyl (C=O) groups excluding carboxylic acids is 1. The van der Waals surface area contributed by atoms with E-state index in [-0.39, 0.29) is 11.4 Å². The third-order valence-electron chi connectivity index (χ3n) is 5.63. The molecule has 4 aromatic rings. The maximum atomic E-state index is 13.2. The molecule has 0 aliphatic carbocycles. The highest BCUT2D eigenvalue weighted by Gasteiger charge is 2.23. The first kappa shape index (κ1) is 25.6. The lowest BCUT2D eigenvalue weighted by Gasteiger charge is -2.22. The smallest absolute Gasteiger partial charge is 0.279 e. The minimum Gasteiger partial charge on any atom is -0.497 e. The first-order chi connectivity index (χ1) is 17.4. The van der Waals surface area contributed by atoms with Crippen LogP contribution in [-0.2, 0) is 21.3 Å². The zero-order chi connectivity index (χ0) is 25.7. The van der Waals surface area contributed by atoms with Crippen LogP contribution in [0.4, 0.5) is 5.69 Å². The van der Waals surface area contributed by atoms with Gasteiger partial charge in [0, 0.05) is 25.8 Å². The number of hydrogen-bond donors (Lipinski definition) is 0. The van der Waals surface area contributed by atoms with Gasteiger partial charge in [-0.3, -0.25) is 9.10 Å². The molecule has 1 heterocycles. The fraction of sp³-hybridized carbons (Fsp3) is 0.231. The van der Waals surface area contributed by atoms with Gasteiger partial charge in [-0.15, -0.1) is 0 Å². The number of thiazole rings is 1. The fourth-order valence-electron chi connectivity index (χ4n) is 3.80. The zero-order valence-corrected chi connectivity index (χ0v) is 21.9. The number of sulfonamides is 1. The van der Waals surface area contributed by atoms with Crippen molar-refractivity contribution in [3.63, 3.8) is 0 Å². The van der Waals surface area contributed by atoms with Crippen LogP contribution >= 0.6 is 11.3 Å². The van der Waals surface area contributed by atoms with Crippen molar-refractivity contribution in [2.24, 2.45) is 4.99 Å². The van der Waals surface area contributed by atoms with Crippen LogP contribution < -0.4 is 13.8 Å². The Morgan fingerprint density at radius 2 is 1.75 bits per heavy atom. The van der Waals surface area contributed by atoms with Crippen LogP contribution in [-0.4, -0.2) is 46.3 Å². The number of amides is 1. The summed E-state index contributed by atoms with van der Waals surface area (Å²) < 4.78 is 41.2. The third kappa shape index (κ3) is 5.20. The fourth-order valence-corrected chi connectivity index (χ4v) is 6.35. The Morgan fingerprint density at radius 1 is 1.03 bits per heavy atom. The van der Waals surface area contributed by atoms with Crippen molar-refractivity contribution in [1.29, 1.82) is 0 Å². The molecule has 3 aromatic carbocycles. The predicted molar refractivity (Wildman–Crippen MR) is 141 cm³/mol. The summed E-state index contributed by atoms with van der Waals surface area (Å²) in [6.45, 7) is 3.04. The van der Waals surface area contributed by atoms with Crippen molar-refractivity contribution in [3.8, 4) is 5.75 Å². The SMILES string of the molecule is CCN(c1ccccc1)S(=O)(=O)c1ccc(C(=O)N=c2sc3cc(OC)ccc3n2CCOC)cc1. The van der Waals surface area contributed by atoms with Gasteiger partial charge in [0.1, 0.15) is 5.75 Å². The van der Waals surface area contributed by atoms with Gasteiger partial charge >= 0.3 is 0 Å². The highest BCUT2D eigenvalue weighted by molar-refractivity contribution is 7.92. The molecular formula is C26H27N3O5S2. The summed E-state index contributed by atoms with van der Waals surface area (Å²) in [4.78, 5) is 18.0. The summed E-state index contributed by atoms with van der Waals surface area (Å²) in [7, 11) is -0.561. The molecule has 0 fully saturated rings. The van der Waals surface area contributed by atoms with Crippen molar-refractivity contribution < 1.29 is 22.7 Å². The van der Waals surface area contributed by atoms with Crippen molar-refractivity contribution in [2.45, 2.75) is 18.4 Å². The molecule has 1 amide bonds. The molecule has 10 heteroatoms. The maximum absolute atomic E-state index is 13.2. The van der Waals surface area contributed by atoms with E-state index in [2.05, 4.69) is 4.99 Å². The molecule has 0 atom stereocenters. The molecule has 4 rings (SSSR count). The Labute approximate surface area is 214 Å². The first-order valence-electron chi connectivity index (χ1n) is 11.3. The number of anilines is 1. The summed E-state index contributed by atoms with van der Waals surface area (Å²) in [5.41, 5.74) is 1.80. The van der Waals surface area contributed by atoms with Gasteiger partial charge in [-0.05, 0) is 61.5 Å². The first-order valence-corrected chi connectivity index (χ1v) is 13.6. The second kappa shape index (κ2) is 11.1. The van der Waals surface area contributed by atoms with Crippen molar-refractivity contribution in [2.75, 3.05) is 31.7 Å². The molecule has 0 unspecified atom stereocenters. The lowest BCUT2D eigenvalue weighted by Crippen LogP contribution is -2.30. The number of hydrogen-bond acceptors (Lipinski definition) is 6. The maximum Gasteiger partial charge on any atom is 0.279 e. The second-order valence-corrected chi connectivity index (χ2v) is 10.7. The average molecular weight is 526 g/mol. The molecule has 0 bridgehead atoms. The van der Waals surface area contributed by atoms with E-state index in [9.17, 15) is 13.2 Å². The Morgan fingerprint density at radius 3 is 2.39 bits per heavy atom. The van der Waals surface area contributed by atoms with E-state index >= 15 is 0 Å². The Hall–Kier alpha value is -3.47. The number of benzene rings is 3. The van der Waals surface area contributed by atoms with Gasteiger partial charge in [-0.2, -0.15) is 4.99 Å². The highest BCUT2D eigenvalue weighted by atomic mass is 32.2. The number of carbonyl (C=O) groups is 1. The molecule has 8 nitrogen and oxygen atoms in total. The molecular weight excluding hydrogens is 498 g/mol. The molecule has 0 radical (unpaired) electrons. The summed E-state index contributed by atoms with van der Waals surface area (Å²) in [5, 5.41) is 0. The molecule has 36 heavy (non-hydrogen) atoms. The van der Waals surface area contributed by atoms with Crippen molar-refractivity contribution >= 4 is 43.2 Å². The van der Waals surface area contributed by atoms with E-state index in [0.29, 0.717) is 35.0 Å². The standard InChI is InChI=1S/C26H27N3O5S2/c1-4-29(20-8-6-5-7-9-20)36(31,32)22-13-10-19(11-14-22)25(30)27-26-28(16-17-33-2)23-15-12-21(34-3)18-24(23)35-26/h5-15,18H,4,16-17H2,1-3H3. The van der Waals surface area contributed by atoms with E-state index in [1.54, 1.807) is 45.4 Å². The largest absolute Gasteiger partial charge is 0.497 e. The van der Waals surface area contributed by atoms with E-state index in [1.165, 1.54) is 39.9 Å². The quantitative estimate of drug-likeness (QED) is 0.325. The van der Waals surface area contributed by atoms with Crippen molar-refractivity contribution in [1.82, 2.24) is 4.57 Å². The van der Waals surface area contributed by atoms with Gasteiger partial charge in [-0.25, -0.2) is 8.42 Å². The van der Waals surface area contributed by atoms with Crippen molar-refractivity contribution in [3.05, 3.63) is 83.2 Å². The Kier molecular flexibility index (Phi) is 7.88. The molecule has 0 N–H and O–H groups in total. The van der Waals surface area contributed by atoms with E-state index in [1.807, 2.05) is 28.8 Å². The normalized spacial score (nSPS) is 12.1. The predicted octanol–water partition coefficient (Wildman–Crippen LogP) is 4.31. The number of methoxy groups -OCH3 is 2. The van der Waals surface area contributed by atoms with Crippen LogP contribution in [0.25, 0.3) is 10.2 Å². The Bertz CT molecular complexity index is 1530. The van der Waals surface area contributed by atoms with Gasteiger partial charge in [0.2, 0.25) is 0 Å². The van der Waals surface area contributed by atoms with E-state index in [0.717, 1.165) is 10.2 Å². The topological polar surface area (TPSA) is 90.2 Å². The third-order valence-corrected chi connectivity index (χ3v) is 8.59. The minimum absolute atomic E-state index is 0.105. The van der Waals surface area contributed by atoms with E-state index < -0.39 is 15.9 Å². The van der Waals surface area contributed by atoms with Gasteiger partial charge in [0.05, 0.1) is 34.5 Å². The van der Waals surface area contributed by atoms with Gasteiger partial charge in [-0.1, -0.05) is 29.5 Å². The lowest BCUT2D eigenvalue weighted by molar-refractivity contribution is 0.0997. The van der Waals surface area contributed by atoms with Gasteiger partial charge in [0.15, 0.2) is 4.80 Å². The summed E-state index contributed by atoms with van der Waals surface area (Å²) >= 11 is 1.38. The van der Waals surface area contributed by atoms with Gasteiger partial charge < -0.3 is 14.0 Å². The summed E-state index contributed by atoms with van der Waals surface area (Å²) in [5.74, 6) is 0.257. The van der Waals surface area contributed by atoms with Crippen LogP contribution in [0.2, 0.25) is 0 Å². The summed E-state index contributed by atoms with van der Waals surface area (Å²) in [6.07, 6.45) is 0. The number of aromatic nitrogens is 1. The van der Waals surface area contributed by atoms with Crippen LogP contribution in [0.3, 0.4) is 0 Å². The average Bonchev–Trinajstić information content (AvgIpc) is 3.24. The van der Waals surface area contributed by atoms with E-state index in [4.69, 9.17) is 9.47 Å². The molecule has 0 spiro atoms. The second-order valence-electron chi connectivity index (χ2n) is 7.81. The monoisotopic (exact) mass is 525 g/mol. The van der Waals surface area contributed by atoms with Crippen LogP contribution in [0.1, 0.15) is 17.3 Å². The number of fused-ring (bicyclic) bond motifs is 1. The summed E-state index contributed by atoms with van der Waals surface area (Å²) in [6, 6.07) is 20.5. The van der Waals surface area contributed by atoms with Gasteiger partial charge in [0.25, 0.3) is 15.9 Å². The number of nitrogens with zero attached hydrogens (tertiary/aromatic N) is 3. The zero-order valence-electron chi connectivity index (χ0n) is 20.2. The lowest BCUT2D eigenvalue weighted by atomic mass is 10.2. The highest BCUT2D eigenvalue weighted by Crippen LogP contribution is 2.25. The molecule has 0 aliphatic rings.